The molecule has 0 bridgehead atoms. The van der Waals surface area contributed by atoms with Crippen molar-refractivity contribution in [3.8, 4) is 0 Å². The van der Waals surface area contributed by atoms with Crippen LogP contribution in [0.25, 0.3) is 0 Å². The Morgan fingerprint density at radius 2 is 2.00 bits per heavy atom. The summed E-state index contributed by atoms with van der Waals surface area (Å²) >= 11 is 11.2. The van der Waals surface area contributed by atoms with E-state index in [1.54, 1.807) is 6.55 Å². The van der Waals surface area contributed by atoms with E-state index in [1.807, 2.05) is 6.92 Å². The molecule has 0 heterocycles. The molecule has 0 aliphatic rings. The van der Waals surface area contributed by atoms with E-state index in [9.17, 15) is 0 Å². The molecule has 0 amide bonds. The van der Waals surface area contributed by atoms with Crippen molar-refractivity contribution < 1.29 is 4.43 Å². The molecule has 8 heavy (non-hydrogen) atoms. The quantitative estimate of drug-likeness (QED) is 0.470. The third kappa shape index (κ3) is 6.76. The molecule has 0 aliphatic heterocycles. The van der Waals surface area contributed by atoms with Gasteiger partial charge in [-0.2, -0.15) is 0 Å². The standard InChI is InChI=1S/C4H10Cl2OSi/c1-3-4-7-8(2,5)6/h3-4H2,1-2H3. The minimum atomic E-state index is -2.23. The van der Waals surface area contributed by atoms with Crippen molar-refractivity contribution in [3.63, 3.8) is 0 Å². The van der Waals surface area contributed by atoms with Gasteiger partial charge in [0.25, 0.3) is 0 Å². The van der Waals surface area contributed by atoms with Gasteiger partial charge in [-0.25, -0.2) is 0 Å². The van der Waals surface area contributed by atoms with Gasteiger partial charge in [0.1, 0.15) is 0 Å². The molecule has 0 aromatic carbocycles. The minimum Gasteiger partial charge on any atom is -0.392 e. The predicted octanol–water partition coefficient (Wildman–Crippen LogP) is 2.46. The first-order valence-electron chi connectivity index (χ1n) is 2.58. The Morgan fingerprint density at radius 1 is 1.50 bits per heavy atom. The summed E-state index contributed by atoms with van der Waals surface area (Å²) in [6.07, 6.45) is 0.974. The van der Waals surface area contributed by atoms with Crippen LogP contribution in [0.4, 0.5) is 0 Å². The van der Waals surface area contributed by atoms with Gasteiger partial charge >= 0.3 is 6.94 Å². The summed E-state index contributed by atoms with van der Waals surface area (Å²) in [5.74, 6) is 0. The van der Waals surface area contributed by atoms with Gasteiger partial charge in [0.05, 0.1) is 0 Å². The van der Waals surface area contributed by atoms with Crippen molar-refractivity contribution in [1.82, 2.24) is 0 Å². The Balaban J connectivity index is 3.11. The van der Waals surface area contributed by atoms with Crippen molar-refractivity contribution in [2.45, 2.75) is 19.9 Å². The zero-order valence-corrected chi connectivity index (χ0v) is 7.59. The second kappa shape index (κ2) is 3.72. The van der Waals surface area contributed by atoms with Crippen molar-refractivity contribution in [2.24, 2.45) is 0 Å². The molecule has 0 atom stereocenters. The first kappa shape index (κ1) is 8.76. The number of rotatable bonds is 3. The van der Waals surface area contributed by atoms with Crippen molar-refractivity contribution in [2.75, 3.05) is 6.61 Å². The van der Waals surface area contributed by atoms with Gasteiger partial charge in [-0.3, -0.25) is 0 Å². The average Bonchev–Trinajstić information content (AvgIpc) is 1.59. The maximum atomic E-state index is 5.59. The molecule has 0 aliphatic carbocycles. The summed E-state index contributed by atoms with van der Waals surface area (Å²) in [5.41, 5.74) is 0. The van der Waals surface area contributed by atoms with E-state index >= 15 is 0 Å². The summed E-state index contributed by atoms with van der Waals surface area (Å²) in [4.78, 5) is 0. The van der Waals surface area contributed by atoms with Crippen LogP contribution in [-0.4, -0.2) is 13.5 Å². The van der Waals surface area contributed by atoms with E-state index in [2.05, 4.69) is 0 Å². The van der Waals surface area contributed by atoms with Crippen molar-refractivity contribution >= 4 is 29.1 Å². The molecular weight excluding hydrogens is 163 g/mol. The molecular formula is C4H10Cl2OSi. The van der Waals surface area contributed by atoms with Crippen LogP contribution in [-0.2, 0) is 4.43 Å². The van der Waals surface area contributed by atoms with E-state index in [4.69, 9.17) is 26.6 Å². The lowest BCUT2D eigenvalue weighted by Gasteiger charge is -2.09. The van der Waals surface area contributed by atoms with Gasteiger partial charge in [-0.05, 0) is 13.0 Å². The zero-order chi connectivity index (χ0) is 6.62. The average molecular weight is 173 g/mol. The molecule has 0 aromatic heterocycles. The van der Waals surface area contributed by atoms with E-state index in [1.165, 1.54) is 0 Å². The summed E-state index contributed by atoms with van der Waals surface area (Å²) in [6, 6.07) is 0. The summed E-state index contributed by atoms with van der Waals surface area (Å²) < 4.78 is 5.05. The van der Waals surface area contributed by atoms with Crippen LogP contribution in [0.3, 0.4) is 0 Å². The lowest BCUT2D eigenvalue weighted by molar-refractivity contribution is 0.328. The highest BCUT2D eigenvalue weighted by Crippen LogP contribution is 2.14. The molecule has 0 N–H and O–H groups in total. The maximum absolute atomic E-state index is 5.59. The van der Waals surface area contributed by atoms with Gasteiger partial charge in [-0.1, -0.05) is 6.92 Å². The maximum Gasteiger partial charge on any atom is 0.386 e. The summed E-state index contributed by atoms with van der Waals surface area (Å²) in [5, 5.41) is 0. The van der Waals surface area contributed by atoms with Crippen molar-refractivity contribution in [3.05, 3.63) is 0 Å². The van der Waals surface area contributed by atoms with Gasteiger partial charge in [0.2, 0.25) is 0 Å². The van der Waals surface area contributed by atoms with Crippen LogP contribution in [0.1, 0.15) is 13.3 Å². The Morgan fingerprint density at radius 3 is 2.12 bits per heavy atom. The fourth-order valence-corrected chi connectivity index (χ4v) is 1.31. The fraction of sp³-hybridized carbons (Fsp3) is 1.00. The zero-order valence-electron chi connectivity index (χ0n) is 5.08. The second-order valence-corrected chi connectivity index (χ2v) is 8.47. The highest BCUT2D eigenvalue weighted by Gasteiger charge is 2.21. The normalized spacial score (nSPS) is 12.0. The second-order valence-electron chi connectivity index (χ2n) is 1.66. The molecule has 0 saturated carbocycles. The third-order valence-corrected chi connectivity index (χ3v) is 1.93. The highest BCUT2D eigenvalue weighted by molar-refractivity contribution is 7.41. The molecule has 1 nitrogen and oxygen atoms in total. The predicted molar refractivity (Wildman–Crippen MR) is 39.6 cm³/mol. The molecule has 0 unspecified atom stereocenters. The van der Waals surface area contributed by atoms with E-state index in [0.717, 1.165) is 6.42 Å². The van der Waals surface area contributed by atoms with Crippen molar-refractivity contribution in [1.29, 1.82) is 0 Å². The first-order valence-corrected chi connectivity index (χ1v) is 7.01. The van der Waals surface area contributed by atoms with Crippen LogP contribution in [0.2, 0.25) is 6.55 Å². The SMILES string of the molecule is CCCO[Si](C)(Cl)Cl. The van der Waals surface area contributed by atoms with Gasteiger partial charge in [0.15, 0.2) is 0 Å². The fourth-order valence-electron chi connectivity index (χ4n) is 0.281. The Kier molecular flexibility index (Phi) is 4.07. The van der Waals surface area contributed by atoms with Crippen LogP contribution in [0.15, 0.2) is 0 Å². The van der Waals surface area contributed by atoms with Crippen LogP contribution in [0.5, 0.6) is 0 Å². The molecule has 50 valence electrons. The summed E-state index contributed by atoms with van der Waals surface area (Å²) in [7, 11) is 0. The lowest BCUT2D eigenvalue weighted by atomic mass is 10.5. The van der Waals surface area contributed by atoms with Gasteiger partial charge < -0.3 is 4.43 Å². The van der Waals surface area contributed by atoms with Crippen LogP contribution in [0, 0.1) is 0 Å². The molecule has 4 heteroatoms. The lowest BCUT2D eigenvalue weighted by Crippen LogP contribution is -2.19. The smallest absolute Gasteiger partial charge is 0.386 e. The molecule has 0 spiro atoms. The highest BCUT2D eigenvalue weighted by atomic mass is 35.7. The van der Waals surface area contributed by atoms with E-state index in [0.29, 0.717) is 6.61 Å². The molecule has 0 radical (unpaired) electrons. The van der Waals surface area contributed by atoms with Gasteiger partial charge in [0, 0.05) is 6.61 Å². The largest absolute Gasteiger partial charge is 0.392 e. The summed E-state index contributed by atoms with van der Waals surface area (Å²) in [6.45, 7) is 2.21. The molecule has 0 rings (SSSR count). The van der Waals surface area contributed by atoms with E-state index in [-0.39, 0.29) is 0 Å². The Hall–Kier alpha value is 0.757. The Labute approximate surface area is 60.5 Å². The number of hydrogen-bond acceptors (Lipinski definition) is 1. The Bertz CT molecular complexity index is 61.5. The van der Waals surface area contributed by atoms with Gasteiger partial charge in [-0.15, -0.1) is 22.2 Å². The van der Waals surface area contributed by atoms with Crippen LogP contribution < -0.4 is 0 Å². The molecule has 0 saturated heterocycles. The number of hydrogen-bond donors (Lipinski definition) is 0. The topological polar surface area (TPSA) is 9.23 Å². The molecule has 0 aromatic rings. The number of halogens is 2. The minimum absolute atomic E-state index is 0.676. The monoisotopic (exact) mass is 172 g/mol. The third-order valence-electron chi connectivity index (χ3n) is 0.560. The first-order chi connectivity index (χ1) is 3.56. The van der Waals surface area contributed by atoms with E-state index < -0.39 is 6.94 Å². The molecule has 0 fully saturated rings. The van der Waals surface area contributed by atoms with Crippen LogP contribution >= 0.6 is 22.2 Å².